The van der Waals surface area contributed by atoms with Crippen LogP contribution in [0.3, 0.4) is 0 Å². The summed E-state index contributed by atoms with van der Waals surface area (Å²) in [5, 5.41) is 9.66. The van der Waals surface area contributed by atoms with Crippen LogP contribution in [0.5, 0.6) is 5.75 Å². The highest BCUT2D eigenvalue weighted by Gasteiger charge is 2.20. The van der Waals surface area contributed by atoms with Crippen LogP contribution in [0.1, 0.15) is 36.4 Å². The van der Waals surface area contributed by atoms with Gasteiger partial charge in [0.25, 0.3) is 0 Å². The average Bonchev–Trinajstić information content (AvgIpc) is 2.65. The van der Waals surface area contributed by atoms with Gasteiger partial charge in [-0.15, -0.1) is 0 Å². The van der Waals surface area contributed by atoms with Crippen molar-refractivity contribution < 1.29 is 9.84 Å². The van der Waals surface area contributed by atoms with Gasteiger partial charge in [0.2, 0.25) is 0 Å². The van der Waals surface area contributed by atoms with E-state index in [1.807, 2.05) is 33.0 Å². The largest absolute Gasteiger partial charge is 0.491 e. The van der Waals surface area contributed by atoms with Crippen molar-refractivity contribution in [2.75, 3.05) is 31.1 Å². The maximum Gasteiger partial charge on any atom is 0.135 e. The van der Waals surface area contributed by atoms with Crippen molar-refractivity contribution in [2.45, 2.75) is 47.0 Å². The van der Waals surface area contributed by atoms with Crippen molar-refractivity contribution in [3.05, 3.63) is 46.9 Å². The lowest BCUT2D eigenvalue weighted by Crippen LogP contribution is -2.46. The Kier molecular flexibility index (Phi) is 6.29. The summed E-state index contributed by atoms with van der Waals surface area (Å²) in [7, 11) is 0. The number of hydrogen-bond acceptors (Lipinski definition) is 6. The molecular weight excluding hydrogens is 340 g/mol. The van der Waals surface area contributed by atoms with Gasteiger partial charge in [0, 0.05) is 50.0 Å². The molecule has 1 fully saturated rings. The number of aryl methyl sites for hydroxylation is 2. The first-order valence-corrected chi connectivity index (χ1v) is 9.63. The minimum atomic E-state index is -0.00396. The lowest BCUT2D eigenvalue weighted by molar-refractivity contribution is 0.224. The lowest BCUT2D eigenvalue weighted by Gasteiger charge is -2.36. The van der Waals surface area contributed by atoms with Crippen molar-refractivity contribution in [3.63, 3.8) is 0 Å². The maximum absolute atomic E-state index is 9.66. The highest BCUT2D eigenvalue weighted by molar-refractivity contribution is 5.45. The van der Waals surface area contributed by atoms with E-state index in [0.717, 1.165) is 61.2 Å². The van der Waals surface area contributed by atoms with Gasteiger partial charge < -0.3 is 14.7 Å². The molecule has 0 saturated carbocycles. The summed E-state index contributed by atoms with van der Waals surface area (Å²) in [6, 6.07) is 6.13. The standard InChI is InChI=1S/C21H30N4O2/c1-15(2)27-20-6-5-18(11-19(20)14-26)13-24-7-9-25(10-8-24)21-16(3)12-22-17(4)23-21/h5-6,11-12,15,26H,7-10,13-14H2,1-4H3. The van der Waals surface area contributed by atoms with E-state index in [-0.39, 0.29) is 12.7 Å². The summed E-state index contributed by atoms with van der Waals surface area (Å²) in [6.45, 7) is 12.8. The molecule has 0 atom stereocenters. The maximum atomic E-state index is 9.66. The topological polar surface area (TPSA) is 61.7 Å². The van der Waals surface area contributed by atoms with Crippen LogP contribution >= 0.6 is 0 Å². The quantitative estimate of drug-likeness (QED) is 0.844. The molecule has 0 amide bonds. The van der Waals surface area contributed by atoms with Crippen LogP contribution in [0.25, 0.3) is 0 Å². The van der Waals surface area contributed by atoms with Crippen LogP contribution in [-0.4, -0.2) is 52.3 Å². The van der Waals surface area contributed by atoms with Crippen molar-refractivity contribution in [1.82, 2.24) is 14.9 Å². The average molecular weight is 370 g/mol. The van der Waals surface area contributed by atoms with Crippen LogP contribution in [0, 0.1) is 13.8 Å². The highest BCUT2D eigenvalue weighted by Crippen LogP contribution is 2.23. The first-order valence-electron chi connectivity index (χ1n) is 9.63. The van der Waals surface area contributed by atoms with Gasteiger partial charge in [-0.2, -0.15) is 0 Å². The van der Waals surface area contributed by atoms with Crippen LogP contribution < -0.4 is 9.64 Å². The number of benzene rings is 1. The summed E-state index contributed by atoms with van der Waals surface area (Å²) < 4.78 is 5.77. The molecule has 2 aromatic rings. The van der Waals surface area contributed by atoms with Gasteiger partial charge in [0.05, 0.1) is 12.7 Å². The second kappa shape index (κ2) is 8.67. The summed E-state index contributed by atoms with van der Waals surface area (Å²) in [6.07, 6.45) is 2.00. The molecule has 27 heavy (non-hydrogen) atoms. The Balaban J connectivity index is 1.61. The summed E-state index contributed by atoms with van der Waals surface area (Å²) in [5.74, 6) is 2.65. The minimum Gasteiger partial charge on any atom is -0.491 e. The normalized spacial score (nSPS) is 15.4. The molecule has 0 unspecified atom stereocenters. The number of aliphatic hydroxyl groups is 1. The Morgan fingerprint density at radius 1 is 1.15 bits per heavy atom. The third-order valence-electron chi connectivity index (χ3n) is 4.80. The van der Waals surface area contributed by atoms with E-state index >= 15 is 0 Å². The molecule has 1 aromatic carbocycles. The predicted octanol–water partition coefficient (Wildman–Crippen LogP) is 2.70. The lowest BCUT2D eigenvalue weighted by atomic mass is 10.1. The van der Waals surface area contributed by atoms with Gasteiger partial charge in [-0.05, 0) is 45.4 Å². The number of nitrogens with zero attached hydrogens (tertiary/aromatic N) is 4. The molecule has 1 aliphatic rings. The molecule has 0 spiro atoms. The smallest absolute Gasteiger partial charge is 0.135 e. The summed E-state index contributed by atoms with van der Waals surface area (Å²) >= 11 is 0. The Morgan fingerprint density at radius 3 is 2.56 bits per heavy atom. The number of aliphatic hydroxyl groups excluding tert-OH is 1. The SMILES string of the molecule is Cc1ncc(C)c(N2CCN(Cc3ccc(OC(C)C)c(CO)c3)CC2)n1. The predicted molar refractivity (Wildman–Crippen MR) is 107 cm³/mol. The van der Waals surface area contributed by atoms with Crippen LogP contribution in [0.15, 0.2) is 24.4 Å². The molecule has 6 nitrogen and oxygen atoms in total. The Bertz CT molecular complexity index is 771. The monoisotopic (exact) mass is 370 g/mol. The molecule has 3 rings (SSSR count). The van der Waals surface area contributed by atoms with Crippen LogP contribution in [-0.2, 0) is 13.2 Å². The fourth-order valence-electron chi connectivity index (χ4n) is 3.44. The van der Waals surface area contributed by atoms with Crippen LogP contribution in [0.4, 0.5) is 5.82 Å². The first-order chi connectivity index (χ1) is 13.0. The van der Waals surface area contributed by atoms with Gasteiger partial charge in [0.15, 0.2) is 0 Å². The molecule has 1 N–H and O–H groups in total. The van der Waals surface area contributed by atoms with Gasteiger partial charge >= 0.3 is 0 Å². The van der Waals surface area contributed by atoms with Crippen molar-refractivity contribution in [2.24, 2.45) is 0 Å². The molecule has 2 heterocycles. The zero-order chi connectivity index (χ0) is 19.4. The second-order valence-corrected chi connectivity index (χ2v) is 7.45. The minimum absolute atomic E-state index is 0.00396. The second-order valence-electron chi connectivity index (χ2n) is 7.45. The third-order valence-corrected chi connectivity index (χ3v) is 4.80. The number of ether oxygens (including phenoxy) is 1. The summed E-state index contributed by atoms with van der Waals surface area (Å²) in [5.41, 5.74) is 3.19. The number of aromatic nitrogens is 2. The zero-order valence-corrected chi connectivity index (χ0v) is 16.8. The fourth-order valence-corrected chi connectivity index (χ4v) is 3.44. The third kappa shape index (κ3) is 4.96. The number of anilines is 1. The first kappa shape index (κ1) is 19.6. The van der Waals surface area contributed by atoms with E-state index in [4.69, 9.17) is 4.74 Å². The Labute approximate surface area is 161 Å². The molecule has 0 bridgehead atoms. The Hall–Kier alpha value is -2.18. The highest BCUT2D eigenvalue weighted by atomic mass is 16.5. The molecule has 146 valence electrons. The number of rotatable bonds is 6. The van der Waals surface area contributed by atoms with E-state index in [1.165, 1.54) is 5.56 Å². The van der Waals surface area contributed by atoms with Crippen molar-refractivity contribution >= 4 is 5.82 Å². The molecule has 1 aliphatic heterocycles. The van der Waals surface area contributed by atoms with E-state index in [1.54, 1.807) is 0 Å². The Morgan fingerprint density at radius 2 is 1.89 bits per heavy atom. The summed E-state index contributed by atoms with van der Waals surface area (Å²) in [4.78, 5) is 13.7. The molecule has 1 aromatic heterocycles. The van der Waals surface area contributed by atoms with E-state index in [0.29, 0.717) is 0 Å². The van der Waals surface area contributed by atoms with E-state index < -0.39 is 0 Å². The number of piperazine rings is 1. The molecule has 0 radical (unpaired) electrons. The molecule has 0 aliphatic carbocycles. The van der Waals surface area contributed by atoms with Gasteiger partial charge in [-0.3, -0.25) is 4.90 Å². The zero-order valence-electron chi connectivity index (χ0n) is 16.8. The van der Waals surface area contributed by atoms with Crippen LogP contribution in [0.2, 0.25) is 0 Å². The fraction of sp³-hybridized carbons (Fsp3) is 0.524. The van der Waals surface area contributed by atoms with Crippen molar-refractivity contribution in [1.29, 1.82) is 0 Å². The van der Waals surface area contributed by atoms with E-state index in [9.17, 15) is 5.11 Å². The van der Waals surface area contributed by atoms with Gasteiger partial charge in [-0.25, -0.2) is 9.97 Å². The van der Waals surface area contributed by atoms with Gasteiger partial charge in [-0.1, -0.05) is 6.07 Å². The van der Waals surface area contributed by atoms with Gasteiger partial charge in [0.1, 0.15) is 17.4 Å². The van der Waals surface area contributed by atoms with E-state index in [2.05, 4.69) is 38.8 Å². The number of hydrogen-bond donors (Lipinski definition) is 1. The van der Waals surface area contributed by atoms with Crippen molar-refractivity contribution in [3.8, 4) is 5.75 Å². The molecule has 6 heteroatoms. The molecule has 1 saturated heterocycles. The molecular formula is C21H30N4O2.